The average molecular weight is 461 g/mol. The van der Waals surface area contributed by atoms with Crippen molar-refractivity contribution in [2.75, 3.05) is 38.0 Å². The lowest BCUT2D eigenvalue weighted by Gasteiger charge is -2.13. The summed E-state index contributed by atoms with van der Waals surface area (Å²) < 4.78 is 11.0. The van der Waals surface area contributed by atoms with Gasteiger partial charge in [0.1, 0.15) is 0 Å². The number of carbonyl (C=O) groups is 2. The van der Waals surface area contributed by atoms with E-state index in [1.54, 1.807) is 30.3 Å². The molecule has 0 saturated carbocycles. The molecule has 3 rings (SSSR count). The molecule has 0 aliphatic carbocycles. The molecule has 34 heavy (non-hydrogen) atoms. The molecule has 0 radical (unpaired) electrons. The van der Waals surface area contributed by atoms with Crippen molar-refractivity contribution in [3.8, 4) is 11.5 Å². The van der Waals surface area contributed by atoms with E-state index in [-0.39, 0.29) is 18.4 Å². The van der Waals surface area contributed by atoms with Crippen molar-refractivity contribution >= 4 is 29.4 Å². The van der Waals surface area contributed by atoms with Gasteiger partial charge in [0.15, 0.2) is 18.1 Å². The standard InChI is InChI=1S/C26H28N4O4/c1-18-8-5-6-11-22(18)28-25(31)17-34-23-13-12-19(14-24(23)33-4)16-27-29-26(32)20-9-7-10-21(15-20)30(2)3/h5-16H,17H2,1-4H3,(H,28,31)(H,29,32)/b27-16-. The van der Waals surface area contributed by atoms with Crippen molar-refractivity contribution in [3.05, 3.63) is 83.4 Å². The molecular formula is C26H28N4O4. The molecule has 0 fully saturated rings. The van der Waals surface area contributed by atoms with Crippen LogP contribution >= 0.6 is 0 Å². The van der Waals surface area contributed by atoms with Crippen LogP contribution in [0.3, 0.4) is 0 Å². The fourth-order valence-electron chi connectivity index (χ4n) is 3.08. The number of hydrazone groups is 1. The lowest BCUT2D eigenvalue weighted by molar-refractivity contribution is -0.118. The van der Waals surface area contributed by atoms with Gasteiger partial charge in [-0.25, -0.2) is 5.43 Å². The van der Waals surface area contributed by atoms with Gasteiger partial charge in [-0.05, 0) is 60.5 Å². The van der Waals surface area contributed by atoms with Gasteiger partial charge in [-0.1, -0.05) is 24.3 Å². The summed E-state index contributed by atoms with van der Waals surface area (Å²) in [6, 6.07) is 19.9. The first-order valence-electron chi connectivity index (χ1n) is 10.6. The number of amides is 2. The van der Waals surface area contributed by atoms with Crippen molar-refractivity contribution in [3.63, 3.8) is 0 Å². The summed E-state index contributed by atoms with van der Waals surface area (Å²) in [5.74, 6) is 0.274. The predicted molar refractivity (Wildman–Crippen MR) is 134 cm³/mol. The number of aryl methyl sites for hydroxylation is 1. The number of rotatable bonds is 9. The summed E-state index contributed by atoms with van der Waals surface area (Å²) in [6.07, 6.45) is 1.50. The fourth-order valence-corrected chi connectivity index (χ4v) is 3.08. The Bertz CT molecular complexity index is 1190. The van der Waals surface area contributed by atoms with Crippen molar-refractivity contribution in [2.24, 2.45) is 5.10 Å². The van der Waals surface area contributed by atoms with Gasteiger partial charge >= 0.3 is 0 Å². The largest absolute Gasteiger partial charge is 0.493 e. The highest BCUT2D eigenvalue weighted by Gasteiger charge is 2.10. The smallest absolute Gasteiger partial charge is 0.271 e. The minimum absolute atomic E-state index is 0.166. The Labute approximate surface area is 199 Å². The molecule has 0 aliphatic rings. The third kappa shape index (κ3) is 6.59. The van der Waals surface area contributed by atoms with Crippen molar-refractivity contribution in [2.45, 2.75) is 6.92 Å². The van der Waals surface area contributed by atoms with E-state index in [0.717, 1.165) is 16.9 Å². The topological polar surface area (TPSA) is 92.3 Å². The molecule has 0 atom stereocenters. The molecule has 0 spiro atoms. The van der Waals surface area contributed by atoms with Crippen molar-refractivity contribution < 1.29 is 19.1 Å². The summed E-state index contributed by atoms with van der Waals surface area (Å²) >= 11 is 0. The van der Waals surface area contributed by atoms with Crippen molar-refractivity contribution in [1.29, 1.82) is 0 Å². The molecular weight excluding hydrogens is 432 g/mol. The van der Waals surface area contributed by atoms with E-state index < -0.39 is 0 Å². The van der Waals surface area contributed by atoms with E-state index in [1.165, 1.54) is 13.3 Å². The zero-order chi connectivity index (χ0) is 24.5. The monoisotopic (exact) mass is 460 g/mol. The minimum Gasteiger partial charge on any atom is -0.493 e. The Morgan fingerprint density at radius 2 is 1.79 bits per heavy atom. The number of hydrogen-bond acceptors (Lipinski definition) is 6. The Balaban J connectivity index is 1.58. The molecule has 0 saturated heterocycles. The second-order valence-electron chi connectivity index (χ2n) is 7.71. The van der Waals surface area contributed by atoms with Crippen LogP contribution in [0.25, 0.3) is 0 Å². The molecule has 0 heterocycles. The molecule has 2 amide bonds. The lowest BCUT2D eigenvalue weighted by Crippen LogP contribution is -2.20. The maximum atomic E-state index is 12.4. The molecule has 8 nitrogen and oxygen atoms in total. The van der Waals surface area contributed by atoms with Gasteiger partial charge in [0.25, 0.3) is 11.8 Å². The number of ether oxygens (including phenoxy) is 2. The molecule has 0 unspecified atom stereocenters. The Hall–Kier alpha value is -4.33. The van der Waals surface area contributed by atoms with Gasteiger partial charge in [-0.15, -0.1) is 0 Å². The van der Waals surface area contributed by atoms with Crippen LogP contribution in [-0.4, -0.2) is 45.8 Å². The first kappa shape index (κ1) is 24.3. The van der Waals surface area contributed by atoms with Crippen LogP contribution in [0, 0.1) is 6.92 Å². The van der Waals surface area contributed by atoms with Crippen LogP contribution in [0.5, 0.6) is 11.5 Å². The molecule has 3 aromatic rings. The molecule has 0 aromatic heterocycles. The number of para-hydroxylation sites is 1. The zero-order valence-corrected chi connectivity index (χ0v) is 19.7. The molecule has 0 bridgehead atoms. The average Bonchev–Trinajstić information content (AvgIpc) is 2.84. The van der Waals surface area contributed by atoms with Crippen LogP contribution in [-0.2, 0) is 4.79 Å². The third-order valence-electron chi connectivity index (χ3n) is 4.97. The number of carbonyl (C=O) groups excluding carboxylic acids is 2. The summed E-state index contributed by atoms with van der Waals surface area (Å²) in [6.45, 7) is 1.75. The molecule has 8 heteroatoms. The predicted octanol–water partition coefficient (Wildman–Crippen LogP) is 3.85. The summed E-state index contributed by atoms with van der Waals surface area (Å²) in [5.41, 5.74) is 6.35. The van der Waals surface area contributed by atoms with Crippen LogP contribution < -0.4 is 25.1 Å². The second kappa shape index (κ2) is 11.5. The first-order chi connectivity index (χ1) is 16.4. The maximum absolute atomic E-state index is 12.4. The quantitative estimate of drug-likeness (QED) is 0.374. The Kier molecular flexibility index (Phi) is 8.23. The van der Waals surface area contributed by atoms with Gasteiger partial charge in [0.2, 0.25) is 0 Å². The van der Waals surface area contributed by atoms with E-state index in [0.29, 0.717) is 22.6 Å². The first-order valence-corrected chi connectivity index (χ1v) is 10.6. The van der Waals surface area contributed by atoms with Gasteiger partial charge < -0.3 is 19.7 Å². The van der Waals surface area contributed by atoms with Gasteiger partial charge in [-0.3, -0.25) is 9.59 Å². The summed E-state index contributed by atoms with van der Waals surface area (Å²) in [7, 11) is 5.33. The van der Waals surface area contributed by atoms with Crippen LogP contribution in [0.4, 0.5) is 11.4 Å². The SMILES string of the molecule is COc1cc(/C=N\NC(=O)c2cccc(N(C)C)c2)ccc1OCC(=O)Nc1ccccc1C. The zero-order valence-electron chi connectivity index (χ0n) is 19.7. The van der Waals surface area contributed by atoms with Crippen LogP contribution in [0.1, 0.15) is 21.5 Å². The number of methoxy groups -OCH3 is 1. The fraction of sp³-hybridized carbons (Fsp3) is 0.192. The molecule has 176 valence electrons. The molecule has 0 aliphatic heterocycles. The highest BCUT2D eigenvalue weighted by Crippen LogP contribution is 2.27. The van der Waals surface area contributed by atoms with E-state index in [1.807, 2.05) is 62.3 Å². The third-order valence-corrected chi connectivity index (χ3v) is 4.97. The number of benzene rings is 3. The van der Waals surface area contributed by atoms with E-state index in [9.17, 15) is 9.59 Å². The van der Waals surface area contributed by atoms with Crippen LogP contribution in [0.15, 0.2) is 71.8 Å². The van der Waals surface area contributed by atoms with E-state index >= 15 is 0 Å². The highest BCUT2D eigenvalue weighted by molar-refractivity contribution is 5.96. The van der Waals surface area contributed by atoms with Gasteiger partial charge in [0.05, 0.1) is 13.3 Å². The van der Waals surface area contributed by atoms with Crippen molar-refractivity contribution in [1.82, 2.24) is 5.43 Å². The maximum Gasteiger partial charge on any atom is 0.271 e. The van der Waals surface area contributed by atoms with E-state index in [2.05, 4.69) is 15.8 Å². The minimum atomic E-state index is -0.313. The van der Waals surface area contributed by atoms with E-state index in [4.69, 9.17) is 9.47 Å². The summed E-state index contributed by atoms with van der Waals surface area (Å²) in [4.78, 5) is 26.5. The summed E-state index contributed by atoms with van der Waals surface area (Å²) in [5, 5.41) is 6.85. The Morgan fingerprint density at radius 3 is 2.53 bits per heavy atom. The van der Waals surface area contributed by atoms with Gasteiger partial charge in [-0.2, -0.15) is 5.10 Å². The lowest BCUT2D eigenvalue weighted by atomic mass is 10.2. The normalized spacial score (nSPS) is 10.6. The number of nitrogens with one attached hydrogen (secondary N) is 2. The molecule has 2 N–H and O–H groups in total. The Morgan fingerprint density at radius 1 is 1.00 bits per heavy atom. The number of nitrogens with zero attached hydrogens (tertiary/aromatic N) is 2. The number of hydrogen-bond donors (Lipinski definition) is 2. The van der Waals surface area contributed by atoms with Gasteiger partial charge in [0, 0.05) is 31.0 Å². The number of anilines is 2. The highest BCUT2D eigenvalue weighted by atomic mass is 16.5. The van der Waals surface area contributed by atoms with Crippen LogP contribution in [0.2, 0.25) is 0 Å². The molecule has 3 aromatic carbocycles. The second-order valence-corrected chi connectivity index (χ2v) is 7.71.